The normalized spacial score (nSPS) is 14.0. The summed E-state index contributed by atoms with van der Waals surface area (Å²) in [5.41, 5.74) is 3.90. The van der Waals surface area contributed by atoms with Gasteiger partial charge in [-0.05, 0) is 106 Å². The molecular weight excluding hydrogens is 721 g/mol. The second-order valence-electron chi connectivity index (χ2n) is 17.5. The van der Waals surface area contributed by atoms with Crippen molar-refractivity contribution < 1.29 is 19.7 Å². The average Bonchev–Trinajstić information content (AvgIpc) is 3.01. The van der Waals surface area contributed by atoms with Crippen LogP contribution in [0.15, 0.2) is 87.7 Å². The molecule has 2 N–H and O–H groups in total. The summed E-state index contributed by atoms with van der Waals surface area (Å²) in [6.07, 6.45) is 0. The fourth-order valence-corrected chi connectivity index (χ4v) is 10.3. The molecule has 1 aliphatic heterocycles. The van der Waals surface area contributed by atoms with Gasteiger partial charge in [0.2, 0.25) is 0 Å². The molecule has 0 saturated carbocycles. The Morgan fingerprint density at radius 2 is 0.577 bits per heavy atom. The Hall–Kier alpha value is -2.52. The number of phenols is 2. The number of hydrogen-bond donors (Lipinski definition) is 2. The highest BCUT2D eigenvalue weighted by molar-refractivity contribution is 8.01. The van der Waals surface area contributed by atoms with Crippen molar-refractivity contribution in [2.24, 2.45) is 0 Å². The minimum atomic E-state index is -0.168. The van der Waals surface area contributed by atoms with Crippen LogP contribution in [-0.2, 0) is 21.7 Å². The van der Waals surface area contributed by atoms with E-state index in [9.17, 15) is 10.2 Å². The van der Waals surface area contributed by atoms with Gasteiger partial charge in [0, 0.05) is 0 Å². The van der Waals surface area contributed by atoms with Crippen LogP contribution in [0.5, 0.6) is 23.0 Å². The van der Waals surface area contributed by atoms with Gasteiger partial charge in [0.25, 0.3) is 0 Å². The first-order valence-corrected chi connectivity index (χ1v) is 21.4. The molecule has 8 heteroatoms. The number of benzene rings is 4. The molecule has 0 unspecified atom stereocenters. The fourth-order valence-electron chi connectivity index (χ4n) is 5.71. The van der Waals surface area contributed by atoms with Crippen molar-refractivity contribution in [1.29, 1.82) is 0 Å². The molecule has 5 rings (SSSR count). The van der Waals surface area contributed by atoms with E-state index in [2.05, 4.69) is 132 Å². The highest BCUT2D eigenvalue weighted by atomic mass is 32.2. The molecule has 0 radical (unpaired) electrons. The van der Waals surface area contributed by atoms with Crippen molar-refractivity contribution in [3.63, 3.8) is 0 Å². The van der Waals surface area contributed by atoms with Gasteiger partial charge in [0.05, 0.1) is 52.4 Å². The van der Waals surface area contributed by atoms with Gasteiger partial charge in [-0.2, -0.15) is 0 Å². The first-order valence-electron chi connectivity index (χ1n) is 18.1. The Morgan fingerprint density at radius 3 is 0.750 bits per heavy atom. The topological polar surface area (TPSA) is 58.9 Å². The van der Waals surface area contributed by atoms with Crippen LogP contribution in [0.1, 0.15) is 119 Å². The number of aromatic hydroxyl groups is 2. The third-order valence-electron chi connectivity index (χ3n) is 9.04. The predicted molar refractivity (Wildman–Crippen MR) is 223 cm³/mol. The average molecular weight is 777 g/mol. The van der Waals surface area contributed by atoms with Crippen molar-refractivity contribution in [2.45, 2.75) is 158 Å². The van der Waals surface area contributed by atoms with Crippen LogP contribution in [0.4, 0.5) is 0 Å². The molecular formula is C44H56O4S4. The largest absolute Gasteiger partial charge is 0.506 e. The van der Waals surface area contributed by atoms with E-state index in [4.69, 9.17) is 9.47 Å². The van der Waals surface area contributed by atoms with Crippen molar-refractivity contribution in [3.05, 3.63) is 70.8 Å². The van der Waals surface area contributed by atoms with E-state index < -0.39 is 0 Å². The van der Waals surface area contributed by atoms with Crippen molar-refractivity contribution in [3.8, 4) is 23.0 Å². The lowest BCUT2D eigenvalue weighted by Crippen LogP contribution is -2.13. The standard InChI is InChI=1S/C44H56O4S4/c1-15-47-39-33-21-27(43(9,10)11)22-34(39)50-30-18-26(42(6,7)8)20-32(38(30)46)52-36-24-28(44(12,13)14)23-35(40(36)48-16-2)51-31-19-25(41(3,4)5)17-29(49-33)37(31)45/h17-24,45-46H,15-16H2,1-14H3. The zero-order valence-electron chi connectivity index (χ0n) is 33.4. The molecule has 0 aromatic heterocycles. The van der Waals surface area contributed by atoms with Crippen molar-refractivity contribution in [2.75, 3.05) is 13.2 Å². The van der Waals surface area contributed by atoms with Gasteiger partial charge in [-0.3, -0.25) is 0 Å². The van der Waals surface area contributed by atoms with Crippen LogP contribution in [-0.4, -0.2) is 23.4 Å². The lowest BCUT2D eigenvalue weighted by molar-refractivity contribution is 0.323. The van der Waals surface area contributed by atoms with E-state index in [0.717, 1.165) is 72.9 Å². The van der Waals surface area contributed by atoms with Crippen LogP contribution in [0, 0.1) is 0 Å². The third kappa shape index (κ3) is 8.88. The summed E-state index contributed by atoms with van der Waals surface area (Å²) >= 11 is 6.16. The third-order valence-corrected chi connectivity index (χ3v) is 13.3. The summed E-state index contributed by atoms with van der Waals surface area (Å²) in [5, 5.41) is 24.4. The SMILES string of the molecule is CCOc1c2cc(C(C)(C)C)cc1Sc1cc(C(C)(C)C)cc(c1O)Sc1cc(C(C)(C)C)cc(c1OCC)Sc1cc(C(C)(C)C)cc(c1O)S2. The second-order valence-corrected chi connectivity index (χ2v) is 21.9. The summed E-state index contributed by atoms with van der Waals surface area (Å²) in [5.74, 6) is 1.98. The number of hydrogen-bond acceptors (Lipinski definition) is 8. The second kappa shape index (κ2) is 15.0. The molecule has 0 aliphatic carbocycles. The first-order chi connectivity index (χ1) is 24.0. The van der Waals surface area contributed by atoms with Gasteiger partial charge in [-0.1, -0.05) is 130 Å². The maximum absolute atomic E-state index is 12.2. The molecule has 0 saturated heterocycles. The smallest absolute Gasteiger partial charge is 0.147 e. The summed E-state index contributed by atoms with van der Waals surface area (Å²) in [7, 11) is 0. The van der Waals surface area contributed by atoms with Gasteiger partial charge in [-0.25, -0.2) is 0 Å². The van der Waals surface area contributed by atoms with Gasteiger partial charge >= 0.3 is 0 Å². The van der Waals surface area contributed by atoms with E-state index >= 15 is 0 Å². The minimum Gasteiger partial charge on any atom is -0.506 e. The van der Waals surface area contributed by atoms with Crippen molar-refractivity contribution in [1.82, 2.24) is 0 Å². The Labute approximate surface area is 329 Å². The number of rotatable bonds is 4. The van der Waals surface area contributed by atoms with Gasteiger partial charge < -0.3 is 19.7 Å². The van der Waals surface area contributed by atoms with Crippen LogP contribution in [0.3, 0.4) is 0 Å². The van der Waals surface area contributed by atoms with Crippen LogP contribution in [0.2, 0.25) is 0 Å². The highest BCUT2D eigenvalue weighted by Gasteiger charge is 2.29. The van der Waals surface area contributed by atoms with Crippen LogP contribution >= 0.6 is 47.0 Å². The molecule has 0 atom stereocenters. The lowest BCUT2D eigenvalue weighted by Gasteiger charge is -2.27. The first kappa shape index (κ1) is 40.7. The van der Waals surface area contributed by atoms with E-state index in [1.807, 2.05) is 13.8 Å². The number of fused-ring (bicyclic) bond motifs is 8. The van der Waals surface area contributed by atoms with E-state index in [0.29, 0.717) is 13.2 Å². The van der Waals surface area contributed by atoms with Crippen molar-refractivity contribution >= 4 is 47.0 Å². The molecule has 52 heavy (non-hydrogen) atoms. The summed E-state index contributed by atoms with van der Waals surface area (Å²) in [6.45, 7) is 31.5. The zero-order valence-corrected chi connectivity index (χ0v) is 36.6. The molecule has 0 fully saturated rings. The maximum Gasteiger partial charge on any atom is 0.147 e. The van der Waals surface area contributed by atoms with E-state index in [1.165, 1.54) is 47.0 Å². The zero-order chi connectivity index (χ0) is 38.6. The highest BCUT2D eigenvalue weighted by Crippen LogP contribution is 2.55. The van der Waals surface area contributed by atoms with Gasteiger partial charge in [0.1, 0.15) is 23.0 Å². The molecule has 1 heterocycles. The quantitative estimate of drug-likeness (QED) is 0.187. The minimum absolute atomic E-state index is 0.161. The Kier molecular flexibility index (Phi) is 11.7. The summed E-state index contributed by atoms with van der Waals surface area (Å²) in [6, 6.07) is 17.3. The Balaban J connectivity index is 1.95. The van der Waals surface area contributed by atoms with Gasteiger partial charge in [-0.15, -0.1) is 0 Å². The molecule has 0 amide bonds. The molecule has 4 aromatic rings. The Morgan fingerprint density at radius 1 is 0.385 bits per heavy atom. The van der Waals surface area contributed by atoms with E-state index in [-0.39, 0.29) is 33.2 Å². The molecule has 280 valence electrons. The predicted octanol–water partition coefficient (Wildman–Crippen LogP) is 14.0. The van der Waals surface area contributed by atoms with Crippen LogP contribution < -0.4 is 9.47 Å². The lowest BCUT2D eigenvalue weighted by atomic mass is 9.87. The van der Waals surface area contributed by atoms with E-state index in [1.54, 1.807) is 0 Å². The Bertz CT molecular complexity index is 1730. The molecule has 0 spiro atoms. The number of phenolic OH excluding ortho intramolecular Hbond substituents is 2. The molecule has 1 aliphatic rings. The number of ether oxygens (including phenoxy) is 2. The summed E-state index contributed by atoms with van der Waals surface area (Å²) in [4.78, 5) is 6.77. The summed E-state index contributed by atoms with van der Waals surface area (Å²) < 4.78 is 13.0. The molecule has 8 bridgehead atoms. The molecule has 4 aromatic carbocycles. The van der Waals surface area contributed by atoms with Crippen LogP contribution in [0.25, 0.3) is 0 Å². The fraction of sp³-hybridized carbons (Fsp3) is 0.455. The maximum atomic E-state index is 12.2. The monoisotopic (exact) mass is 776 g/mol. The van der Waals surface area contributed by atoms with Gasteiger partial charge in [0.15, 0.2) is 0 Å². The molecule has 4 nitrogen and oxygen atoms in total.